The third-order valence-electron chi connectivity index (χ3n) is 7.50. The lowest BCUT2D eigenvalue weighted by atomic mass is 9.63. The largest absolute Gasteiger partial charge is 0.465 e. The molecule has 196 valence electrons. The highest BCUT2D eigenvalue weighted by atomic mass is 16.8. The minimum atomic E-state index is -0.804. The molecule has 0 saturated carbocycles. The Morgan fingerprint density at radius 1 is 0.811 bits per heavy atom. The molecule has 0 radical (unpaired) electrons. The summed E-state index contributed by atoms with van der Waals surface area (Å²) in [5.41, 5.74) is 7.59. The quantitative estimate of drug-likeness (QED) is 0.236. The summed E-state index contributed by atoms with van der Waals surface area (Å²) in [4.78, 5) is 11.9. The number of methoxy groups -OCH3 is 2. The first kappa shape index (κ1) is 26.9. The Kier molecular flexibility index (Phi) is 7.77. The molecule has 0 bridgehead atoms. The van der Waals surface area contributed by atoms with Gasteiger partial charge in [-0.1, -0.05) is 64.1 Å². The lowest BCUT2D eigenvalue weighted by molar-refractivity contribution is -0.230. The van der Waals surface area contributed by atoms with Gasteiger partial charge in [-0.3, -0.25) is 0 Å². The number of rotatable bonds is 8. The van der Waals surface area contributed by atoms with Crippen LogP contribution in [0.3, 0.4) is 0 Å². The van der Waals surface area contributed by atoms with Crippen molar-refractivity contribution in [1.82, 2.24) is 0 Å². The molecule has 0 aliphatic heterocycles. The van der Waals surface area contributed by atoms with E-state index in [-0.39, 0.29) is 16.8 Å². The van der Waals surface area contributed by atoms with Crippen LogP contribution >= 0.6 is 0 Å². The monoisotopic (exact) mass is 502 g/mol. The molecule has 5 heteroatoms. The molecule has 1 atom stereocenters. The maximum absolute atomic E-state index is 11.9. The molecule has 0 saturated heterocycles. The van der Waals surface area contributed by atoms with Crippen molar-refractivity contribution in [2.45, 2.75) is 64.8 Å². The van der Waals surface area contributed by atoms with Gasteiger partial charge in [0.25, 0.3) is 0 Å². The van der Waals surface area contributed by atoms with E-state index in [1.54, 1.807) is 19.2 Å². The van der Waals surface area contributed by atoms with Crippen molar-refractivity contribution in [3.8, 4) is 28.0 Å². The summed E-state index contributed by atoms with van der Waals surface area (Å²) in [6.45, 7) is 10.9. The molecule has 1 unspecified atom stereocenters. The molecular weight excluding hydrogens is 464 g/mol. The van der Waals surface area contributed by atoms with Crippen LogP contribution in [-0.4, -0.2) is 33.3 Å². The molecular formula is C32H38O5. The van der Waals surface area contributed by atoms with E-state index >= 15 is 0 Å². The molecule has 37 heavy (non-hydrogen) atoms. The van der Waals surface area contributed by atoms with Crippen molar-refractivity contribution in [3.63, 3.8) is 0 Å². The van der Waals surface area contributed by atoms with Gasteiger partial charge in [0.05, 0.1) is 19.3 Å². The summed E-state index contributed by atoms with van der Waals surface area (Å²) in [6.07, 6.45) is 2.31. The Labute approximate surface area is 220 Å². The first-order chi connectivity index (χ1) is 17.6. The topological polar surface area (TPSA) is 54.0 Å². The van der Waals surface area contributed by atoms with Gasteiger partial charge in [0.2, 0.25) is 0 Å². The van der Waals surface area contributed by atoms with Crippen LogP contribution in [0.1, 0.15) is 68.9 Å². The number of benzene rings is 3. The lowest BCUT2D eigenvalue weighted by Crippen LogP contribution is -2.33. The number of hydrogen-bond donors (Lipinski definition) is 0. The third-order valence-corrected chi connectivity index (χ3v) is 7.50. The van der Waals surface area contributed by atoms with Gasteiger partial charge >= 0.3 is 12.4 Å². The highest BCUT2D eigenvalue weighted by Crippen LogP contribution is 2.47. The van der Waals surface area contributed by atoms with Crippen LogP contribution in [-0.2, 0) is 25.0 Å². The van der Waals surface area contributed by atoms with Crippen LogP contribution in [0.2, 0.25) is 0 Å². The molecule has 0 heterocycles. The predicted molar refractivity (Wildman–Crippen MR) is 147 cm³/mol. The van der Waals surface area contributed by atoms with Crippen LogP contribution in [0.5, 0.6) is 5.75 Å². The standard InChI is InChI=1S/C32H38O5/c1-8-36-30(35-7)37-28-16-14-23(21-9-11-22(12-10-21)29(33)34-6)19-25(28)24-13-15-26-27(20-24)32(4,5)18-17-31(26,2)3/h9-16,19-20,30H,8,17-18H2,1-7H3. The Hall–Kier alpha value is -3.15. The van der Waals surface area contributed by atoms with E-state index in [2.05, 4.69) is 52.0 Å². The van der Waals surface area contributed by atoms with Gasteiger partial charge in [0, 0.05) is 12.7 Å². The summed E-state index contributed by atoms with van der Waals surface area (Å²) in [5, 5.41) is 0. The Balaban J connectivity index is 1.83. The fourth-order valence-corrected chi connectivity index (χ4v) is 5.10. The molecule has 1 aliphatic carbocycles. The van der Waals surface area contributed by atoms with Gasteiger partial charge in [-0.05, 0) is 82.7 Å². The minimum absolute atomic E-state index is 0.0869. The van der Waals surface area contributed by atoms with Crippen molar-refractivity contribution < 1.29 is 23.7 Å². The lowest BCUT2D eigenvalue weighted by Gasteiger charge is -2.42. The van der Waals surface area contributed by atoms with E-state index in [1.807, 2.05) is 31.2 Å². The van der Waals surface area contributed by atoms with Crippen molar-refractivity contribution >= 4 is 5.97 Å². The van der Waals surface area contributed by atoms with E-state index in [9.17, 15) is 4.79 Å². The zero-order valence-electron chi connectivity index (χ0n) is 23.0. The average molecular weight is 503 g/mol. The van der Waals surface area contributed by atoms with Crippen LogP contribution in [0, 0.1) is 0 Å². The smallest absolute Gasteiger partial charge is 0.337 e. The van der Waals surface area contributed by atoms with Gasteiger partial charge in [0.1, 0.15) is 5.75 Å². The van der Waals surface area contributed by atoms with Gasteiger partial charge in [-0.15, -0.1) is 0 Å². The SMILES string of the molecule is CCOC(OC)Oc1ccc(-c2ccc(C(=O)OC)cc2)cc1-c1ccc2c(c1)C(C)(C)CCC2(C)C. The first-order valence-corrected chi connectivity index (χ1v) is 12.9. The number of fused-ring (bicyclic) bond motifs is 1. The van der Waals surface area contributed by atoms with E-state index in [0.717, 1.165) is 28.7 Å². The minimum Gasteiger partial charge on any atom is -0.465 e. The number of carbonyl (C=O) groups is 1. The van der Waals surface area contributed by atoms with Crippen LogP contribution in [0.15, 0.2) is 60.7 Å². The van der Waals surface area contributed by atoms with Crippen molar-refractivity contribution in [1.29, 1.82) is 0 Å². The zero-order valence-corrected chi connectivity index (χ0v) is 23.0. The first-order valence-electron chi connectivity index (χ1n) is 12.9. The maximum Gasteiger partial charge on any atom is 0.337 e. The van der Waals surface area contributed by atoms with Crippen LogP contribution in [0.4, 0.5) is 0 Å². The highest BCUT2D eigenvalue weighted by molar-refractivity contribution is 5.90. The second-order valence-electron chi connectivity index (χ2n) is 10.9. The van der Waals surface area contributed by atoms with E-state index in [4.69, 9.17) is 18.9 Å². The van der Waals surface area contributed by atoms with E-state index in [0.29, 0.717) is 17.9 Å². The van der Waals surface area contributed by atoms with Gasteiger partial charge in [0.15, 0.2) is 0 Å². The van der Waals surface area contributed by atoms with Gasteiger partial charge < -0.3 is 18.9 Å². The molecule has 1 aliphatic rings. The Morgan fingerprint density at radius 3 is 2.05 bits per heavy atom. The van der Waals surface area contributed by atoms with Crippen molar-refractivity contribution in [2.75, 3.05) is 20.8 Å². The second kappa shape index (κ2) is 10.7. The Bertz CT molecular complexity index is 1260. The summed E-state index contributed by atoms with van der Waals surface area (Å²) < 4.78 is 22.0. The summed E-state index contributed by atoms with van der Waals surface area (Å²) in [6, 6.07) is 20.3. The van der Waals surface area contributed by atoms with Crippen LogP contribution in [0.25, 0.3) is 22.3 Å². The highest BCUT2D eigenvalue weighted by Gasteiger charge is 2.37. The van der Waals surface area contributed by atoms with E-state index in [1.165, 1.54) is 24.7 Å². The molecule has 0 amide bonds. The Morgan fingerprint density at radius 2 is 1.43 bits per heavy atom. The second-order valence-corrected chi connectivity index (χ2v) is 10.9. The number of esters is 1. The molecule has 4 rings (SSSR count). The average Bonchev–Trinajstić information content (AvgIpc) is 2.90. The third kappa shape index (κ3) is 5.58. The normalized spacial score (nSPS) is 16.5. The maximum atomic E-state index is 11.9. The van der Waals surface area contributed by atoms with E-state index < -0.39 is 6.48 Å². The summed E-state index contributed by atoms with van der Waals surface area (Å²) in [7, 11) is 2.96. The molecule has 5 nitrogen and oxygen atoms in total. The molecule has 0 fully saturated rings. The fourth-order valence-electron chi connectivity index (χ4n) is 5.10. The molecule has 0 aromatic heterocycles. The predicted octanol–water partition coefficient (Wildman–Crippen LogP) is 7.50. The molecule has 3 aromatic rings. The van der Waals surface area contributed by atoms with Crippen molar-refractivity contribution in [3.05, 3.63) is 77.4 Å². The van der Waals surface area contributed by atoms with Crippen molar-refractivity contribution in [2.24, 2.45) is 0 Å². The van der Waals surface area contributed by atoms with Gasteiger partial charge in [-0.2, -0.15) is 0 Å². The molecule has 0 spiro atoms. The molecule has 0 N–H and O–H groups in total. The van der Waals surface area contributed by atoms with Crippen LogP contribution < -0.4 is 4.74 Å². The van der Waals surface area contributed by atoms with Gasteiger partial charge in [-0.25, -0.2) is 4.79 Å². The number of carbonyl (C=O) groups excluding carboxylic acids is 1. The summed E-state index contributed by atoms with van der Waals surface area (Å²) >= 11 is 0. The summed E-state index contributed by atoms with van der Waals surface area (Å²) in [5.74, 6) is 0.333. The number of hydrogen-bond acceptors (Lipinski definition) is 5. The number of ether oxygens (including phenoxy) is 4. The molecule has 3 aromatic carbocycles. The zero-order chi connectivity index (χ0) is 26.8. The fraction of sp³-hybridized carbons (Fsp3) is 0.406.